The number of carbonyl (C=O) groups is 1. The van der Waals surface area contributed by atoms with Crippen molar-refractivity contribution in [2.75, 3.05) is 6.54 Å². The average molecular weight is 285 g/mol. The van der Waals surface area contributed by atoms with E-state index in [1.54, 1.807) is 0 Å². The first kappa shape index (κ1) is 16.6. The molecule has 0 aromatic heterocycles. The Morgan fingerprint density at radius 1 is 1.25 bits per heavy atom. The summed E-state index contributed by atoms with van der Waals surface area (Å²) in [7, 11) is 0. The van der Waals surface area contributed by atoms with Gasteiger partial charge in [0.05, 0.1) is 0 Å². The molecule has 1 unspecified atom stereocenters. The van der Waals surface area contributed by atoms with Gasteiger partial charge in [-0.05, 0) is 30.0 Å². The average Bonchev–Trinajstić information content (AvgIpc) is 2.39. The minimum absolute atomic E-state index is 0.0944. The standard InChI is InChI=1S/C15H21F2NO2/c1-3-10(4-2)8-15(9-18,14(19)20)11-5-12(16)7-13(17)6-11/h5-7,10H,3-4,8-9,18H2,1-2H3,(H,19,20). The number of rotatable bonds is 7. The van der Waals surface area contributed by atoms with E-state index in [2.05, 4.69) is 0 Å². The summed E-state index contributed by atoms with van der Waals surface area (Å²) in [6.45, 7) is 3.73. The van der Waals surface area contributed by atoms with Crippen LogP contribution in [0.2, 0.25) is 0 Å². The largest absolute Gasteiger partial charge is 0.481 e. The second kappa shape index (κ2) is 6.79. The molecule has 3 nitrogen and oxygen atoms in total. The lowest BCUT2D eigenvalue weighted by Crippen LogP contribution is -2.44. The van der Waals surface area contributed by atoms with Gasteiger partial charge in [-0.15, -0.1) is 0 Å². The highest BCUT2D eigenvalue weighted by atomic mass is 19.1. The Morgan fingerprint density at radius 2 is 1.75 bits per heavy atom. The molecule has 3 N–H and O–H groups in total. The zero-order valence-electron chi connectivity index (χ0n) is 11.8. The molecule has 0 bridgehead atoms. The number of hydrogen-bond donors (Lipinski definition) is 2. The number of hydrogen-bond acceptors (Lipinski definition) is 2. The van der Waals surface area contributed by atoms with Crippen LogP contribution in [0.5, 0.6) is 0 Å². The highest BCUT2D eigenvalue weighted by Gasteiger charge is 2.41. The van der Waals surface area contributed by atoms with Gasteiger partial charge >= 0.3 is 5.97 Å². The summed E-state index contributed by atoms with van der Waals surface area (Å²) < 4.78 is 26.8. The highest BCUT2D eigenvalue weighted by molar-refractivity contribution is 5.81. The summed E-state index contributed by atoms with van der Waals surface area (Å²) in [5.41, 5.74) is 4.32. The van der Waals surface area contributed by atoms with Crippen LogP contribution in [0.25, 0.3) is 0 Å². The van der Waals surface area contributed by atoms with Crippen molar-refractivity contribution in [3.8, 4) is 0 Å². The van der Waals surface area contributed by atoms with Crippen LogP contribution in [0.3, 0.4) is 0 Å². The topological polar surface area (TPSA) is 63.3 Å². The Balaban J connectivity index is 3.32. The third-order valence-corrected chi connectivity index (χ3v) is 3.96. The van der Waals surface area contributed by atoms with Crippen molar-refractivity contribution in [3.05, 3.63) is 35.4 Å². The van der Waals surface area contributed by atoms with Gasteiger partial charge in [-0.1, -0.05) is 26.7 Å². The Morgan fingerprint density at radius 3 is 2.10 bits per heavy atom. The van der Waals surface area contributed by atoms with Gasteiger partial charge in [0, 0.05) is 12.6 Å². The van der Waals surface area contributed by atoms with Crippen molar-refractivity contribution < 1.29 is 18.7 Å². The molecule has 0 saturated carbocycles. The van der Waals surface area contributed by atoms with Crippen LogP contribution in [0.1, 0.15) is 38.7 Å². The van der Waals surface area contributed by atoms with Crippen LogP contribution in [0.4, 0.5) is 8.78 Å². The number of nitrogens with two attached hydrogens (primary N) is 1. The maximum absolute atomic E-state index is 13.4. The van der Waals surface area contributed by atoms with E-state index in [1.165, 1.54) is 0 Å². The van der Waals surface area contributed by atoms with E-state index < -0.39 is 23.0 Å². The van der Waals surface area contributed by atoms with Crippen LogP contribution in [-0.2, 0) is 10.2 Å². The number of halogens is 2. The zero-order valence-corrected chi connectivity index (χ0v) is 11.8. The van der Waals surface area contributed by atoms with Crippen molar-refractivity contribution in [3.63, 3.8) is 0 Å². The van der Waals surface area contributed by atoms with Gasteiger partial charge in [0.2, 0.25) is 0 Å². The molecule has 1 aromatic rings. The molecular formula is C15H21F2NO2. The number of benzene rings is 1. The first-order valence-electron chi connectivity index (χ1n) is 6.79. The van der Waals surface area contributed by atoms with Crippen molar-refractivity contribution >= 4 is 5.97 Å². The molecule has 0 spiro atoms. The predicted octanol–water partition coefficient (Wildman–Crippen LogP) is 3.07. The lowest BCUT2D eigenvalue weighted by atomic mass is 9.72. The fraction of sp³-hybridized carbons (Fsp3) is 0.533. The van der Waals surface area contributed by atoms with E-state index in [0.717, 1.165) is 31.0 Å². The van der Waals surface area contributed by atoms with Gasteiger partial charge in [-0.2, -0.15) is 0 Å². The molecule has 0 radical (unpaired) electrons. The van der Waals surface area contributed by atoms with Crippen LogP contribution in [0.15, 0.2) is 18.2 Å². The van der Waals surface area contributed by atoms with E-state index in [1.807, 2.05) is 13.8 Å². The Bertz CT molecular complexity index is 455. The monoisotopic (exact) mass is 285 g/mol. The molecule has 20 heavy (non-hydrogen) atoms. The molecule has 112 valence electrons. The minimum Gasteiger partial charge on any atom is -0.481 e. The van der Waals surface area contributed by atoms with Crippen molar-refractivity contribution in [1.82, 2.24) is 0 Å². The Hall–Kier alpha value is -1.49. The van der Waals surface area contributed by atoms with Gasteiger partial charge in [-0.25, -0.2) is 8.78 Å². The first-order chi connectivity index (χ1) is 9.39. The van der Waals surface area contributed by atoms with Gasteiger partial charge in [0.25, 0.3) is 0 Å². The zero-order chi connectivity index (χ0) is 15.3. The van der Waals surface area contributed by atoms with E-state index in [4.69, 9.17) is 5.73 Å². The maximum atomic E-state index is 13.4. The molecule has 1 rings (SSSR count). The van der Waals surface area contributed by atoms with E-state index in [0.29, 0.717) is 0 Å². The van der Waals surface area contributed by atoms with Gasteiger partial charge in [0.1, 0.15) is 17.0 Å². The van der Waals surface area contributed by atoms with Crippen LogP contribution in [0, 0.1) is 17.6 Å². The molecule has 0 saturated heterocycles. The summed E-state index contributed by atoms with van der Waals surface area (Å²) in [5.74, 6) is -2.58. The summed E-state index contributed by atoms with van der Waals surface area (Å²) in [6.07, 6.45) is 1.86. The van der Waals surface area contributed by atoms with Crippen LogP contribution in [-0.4, -0.2) is 17.6 Å². The van der Waals surface area contributed by atoms with Crippen molar-refractivity contribution in [1.29, 1.82) is 0 Å². The van der Waals surface area contributed by atoms with Crippen LogP contribution >= 0.6 is 0 Å². The third-order valence-electron chi connectivity index (χ3n) is 3.96. The molecule has 0 aliphatic rings. The number of carboxylic acid groups (broad SMARTS) is 1. The molecule has 1 atom stereocenters. The van der Waals surface area contributed by atoms with Gasteiger partial charge in [0.15, 0.2) is 0 Å². The van der Waals surface area contributed by atoms with Crippen molar-refractivity contribution in [2.24, 2.45) is 11.7 Å². The number of carboxylic acids is 1. The molecule has 0 aliphatic heterocycles. The fourth-order valence-corrected chi connectivity index (χ4v) is 2.52. The molecule has 0 fully saturated rings. The number of aliphatic carboxylic acids is 1. The predicted molar refractivity (Wildman–Crippen MR) is 73.4 cm³/mol. The Labute approximate surface area is 117 Å². The molecule has 0 heterocycles. The smallest absolute Gasteiger partial charge is 0.315 e. The minimum atomic E-state index is -1.44. The van der Waals surface area contributed by atoms with E-state index in [9.17, 15) is 18.7 Å². The first-order valence-corrected chi connectivity index (χ1v) is 6.79. The summed E-state index contributed by atoms with van der Waals surface area (Å²) in [4.78, 5) is 11.7. The lowest BCUT2D eigenvalue weighted by molar-refractivity contribution is -0.144. The maximum Gasteiger partial charge on any atom is 0.315 e. The summed E-state index contributed by atoms with van der Waals surface area (Å²) in [6, 6.07) is 2.85. The molecule has 5 heteroatoms. The van der Waals surface area contributed by atoms with E-state index in [-0.39, 0.29) is 24.4 Å². The van der Waals surface area contributed by atoms with E-state index >= 15 is 0 Å². The normalized spacial score (nSPS) is 14.3. The molecule has 0 aliphatic carbocycles. The van der Waals surface area contributed by atoms with Crippen LogP contribution < -0.4 is 5.73 Å². The van der Waals surface area contributed by atoms with Gasteiger partial charge < -0.3 is 10.8 Å². The second-order valence-corrected chi connectivity index (χ2v) is 5.14. The lowest BCUT2D eigenvalue weighted by Gasteiger charge is -2.32. The Kier molecular flexibility index (Phi) is 5.62. The molecule has 1 aromatic carbocycles. The highest BCUT2D eigenvalue weighted by Crippen LogP contribution is 2.34. The molecular weight excluding hydrogens is 264 g/mol. The quantitative estimate of drug-likeness (QED) is 0.809. The summed E-state index contributed by atoms with van der Waals surface area (Å²) in [5, 5.41) is 9.57. The fourth-order valence-electron chi connectivity index (χ4n) is 2.52. The van der Waals surface area contributed by atoms with Gasteiger partial charge in [-0.3, -0.25) is 4.79 Å². The van der Waals surface area contributed by atoms with Crippen molar-refractivity contribution in [2.45, 2.75) is 38.5 Å². The summed E-state index contributed by atoms with van der Waals surface area (Å²) >= 11 is 0. The SMILES string of the molecule is CCC(CC)CC(CN)(C(=O)O)c1cc(F)cc(F)c1. The second-order valence-electron chi connectivity index (χ2n) is 5.14. The third kappa shape index (κ3) is 3.33. The molecule has 0 amide bonds.